The first-order chi connectivity index (χ1) is 12.9. The minimum atomic E-state index is -0.766. The monoisotopic (exact) mass is 389 g/mol. The quantitative estimate of drug-likeness (QED) is 0.631. The normalized spacial score (nSPS) is 11.5. The number of rotatable bonds is 7. The predicted octanol–water partition coefficient (Wildman–Crippen LogP) is 2.21. The van der Waals surface area contributed by atoms with Crippen molar-refractivity contribution in [3.8, 4) is 0 Å². The van der Waals surface area contributed by atoms with E-state index >= 15 is 0 Å². The Balaban J connectivity index is 1.98. The van der Waals surface area contributed by atoms with E-state index in [0.717, 1.165) is 0 Å². The third kappa shape index (κ3) is 5.89. The lowest BCUT2D eigenvalue weighted by Gasteiger charge is -2.18. The highest BCUT2D eigenvalue weighted by Crippen LogP contribution is 2.13. The third-order valence-electron chi connectivity index (χ3n) is 3.85. The molecule has 8 heteroatoms. The SMILES string of the molecule is CSCC[C@H](NC(=O)c1ccccc1)C(=O)NNC(=O)c1cc(C)oc1C. The van der Waals surface area contributed by atoms with Gasteiger partial charge in [-0.15, -0.1) is 0 Å². The van der Waals surface area contributed by atoms with Gasteiger partial charge < -0.3 is 9.73 Å². The molecule has 2 aromatic rings. The average Bonchev–Trinajstić information content (AvgIpc) is 3.01. The van der Waals surface area contributed by atoms with E-state index in [1.165, 1.54) is 0 Å². The topological polar surface area (TPSA) is 100 Å². The molecule has 0 bridgehead atoms. The molecule has 7 nitrogen and oxygen atoms in total. The van der Waals surface area contributed by atoms with Crippen LogP contribution in [0.5, 0.6) is 0 Å². The van der Waals surface area contributed by atoms with Crippen molar-refractivity contribution in [3.05, 3.63) is 59.0 Å². The van der Waals surface area contributed by atoms with Gasteiger partial charge in [-0.25, -0.2) is 0 Å². The van der Waals surface area contributed by atoms with E-state index in [1.807, 2.05) is 12.3 Å². The van der Waals surface area contributed by atoms with Crippen LogP contribution in [-0.4, -0.2) is 35.8 Å². The number of hydrogen-bond donors (Lipinski definition) is 3. The van der Waals surface area contributed by atoms with Gasteiger partial charge in [-0.3, -0.25) is 25.2 Å². The van der Waals surface area contributed by atoms with Crippen LogP contribution in [0.3, 0.4) is 0 Å². The number of aryl methyl sites for hydroxylation is 2. The van der Waals surface area contributed by atoms with Gasteiger partial charge in [-0.2, -0.15) is 11.8 Å². The maximum absolute atomic E-state index is 12.5. The van der Waals surface area contributed by atoms with Crippen molar-refractivity contribution in [1.82, 2.24) is 16.2 Å². The maximum atomic E-state index is 12.5. The van der Waals surface area contributed by atoms with E-state index < -0.39 is 17.9 Å². The summed E-state index contributed by atoms with van der Waals surface area (Å²) in [6, 6.07) is 9.48. The zero-order valence-corrected chi connectivity index (χ0v) is 16.3. The van der Waals surface area contributed by atoms with Crippen LogP contribution in [0.2, 0.25) is 0 Å². The average molecular weight is 389 g/mol. The second-order valence-corrected chi connectivity index (χ2v) is 6.93. The van der Waals surface area contributed by atoms with E-state index in [4.69, 9.17) is 4.42 Å². The first-order valence-corrected chi connectivity index (χ1v) is 9.84. The van der Waals surface area contributed by atoms with Crippen molar-refractivity contribution in [2.45, 2.75) is 26.3 Å². The van der Waals surface area contributed by atoms with Gasteiger partial charge in [0, 0.05) is 5.56 Å². The summed E-state index contributed by atoms with van der Waals surface area (Å²) < 4.78 is 5.31. The lowest BCUT2D eigenvalue weighted by molar-refractivity contribution is -0.123. The molecule has 0 radical (unpaired) electrons. The van der Waals surface area contributed by atoms with Crippen LogP contribution in [0.4, 0.5) is 0 Å². The van der Waals surface area contributed by atoms with Gasteiger partial charge >= 0.3 is 0 Å². The molecule has 0 unspecified atom stereocenters. The lowest BCUT2D eigenvalue weighted by Crippen LogP contribution is -2.52. The van der Waals surface area contributed by atoms with Gasteiger partial charge in [0.1, 0.15) is 17.6 Å². The zero-order valence-electron chi connectivity index (χ0n) is 15.5. The fourth-order valence-electron chi connectivity index (χ4n) is 2.46. The minimum absolute atomic E-state index is 0.343. The number of carbonyl (C=O) groups excluding carboxylic acids is 3. The number of hydrogen-bond acceptors (Lipinski definition) is 5. The molecule has 0 aliphatic carbocycles. The van der Waals surface area contributed by atoms with Gasteiger partial charge in [-0.05, 0) is 50.5 Å². The molecule has 2 rings (SSSR count). The van der Waals surface area contributed by atoms with Crippen LogP contribution >= 0.6 is 11.8 Å². The lowest BCUT2D eigenvalue weighted by atomic mass is 10.1. The van der Waals surface area contributed by atoms with Crippen molar-refractivity contribution in [2.24, 2.45) is 0 Å². The highest BCUT2D eigenvalue weighted by molar-refractivity contribution is 7.98. The third-order valence-corrected chi connectivity index (χ3v) is 4.50. The number of amides is 3. The van der Waals surface area contributed by atoms with Gasteiger partial charge in [0.05, 0.1) is 5.56 Å². The molecule has 1 aromatic heterocycles. The second kappa shape index (κ2) is 9.82. The molecular formula is C19H23N3O4S. The number of hydrazine groups is 1. The highest BCUT2D eigenvalue weighted by atomic mass is 32.2. The molecule has 1 aromatic carbocycles. The van der Waals surface area contributed by atoms with Crippen molar-refractivity contribution in [3.63, 3.8) is 0 Å². The standard InChI is InChI=1S/C19H23N3O4S/c1-12-11-15(13(2)26-12)18(24)21-22-19(25)16(9-10-27-3)20-17(23)14-7-5-4-6-8-14/h4-8,11,16H,9-10H2,1-3H3,(H,20,23)(H,21,24)(H,22,25)/t16-/m0/s1. The molecular weight excluding hydrogens is 366 g/mol. The summed E-state index contributed by atoms with van der Waals surface area (Å²) >= 11 is 1.57. The summed E-state index contributed by atoms with van der Waals surface area (Å²) in [5.41, 5.74) is 5.56. The molecule has 3 amide bonds. The Bertz CT molecular complexity index is 805. The summed E-state index contributed by atoms with van der Waals surface area (Å²) in [6.45, 7) is 3.41. The molecule has 0 saturated heterocycles. The molecule has 0 fully saturated rings. The zero-order chi connectivity index (χ0) is 19.8. The first-order valence-electron chi connectivity index (χ1n) is 8.44. The van der Waals surface area contributed by atoms with E-state index in [1.54, 1.807) is 55.9 Å². The molecule has 0 spiro atoms. The smallest absolute Gasteiger partial charge is 0.273 e. The van der Waals surface area contributed by atoms with Crippen molar-refractivity contribution < 1.29 is 18.8 Å². The van der Waals surface area contributed by atoms with E-state index in [9.17, 15) is 14.4 Å². The van der Waals surface area contributed by atoms with Crippen LogP contribution < -0.4 is 16.2 Å². The fraction of sp³-hybridized carbons (Fsp3) is 0.316. The number of furan rings is 1. The molecule has 0 saturated carbocycles. The van der Waals surface area contributed by atoms with Gasteiger partial charge in [0.2, 0.25) is 0 Å². The summed E-state index contributed by atoms with van der Waals surface area (Å²) in [6.07, 6.45) is 2.35. The Morgan fingerprint density at radius 1 is 1.07 bits per heavy atom. The second-order valence-electron chi connectivity index (χ2n) is 5.94. The molecule has 0 aliphatic rings. The van der Waals surface area contributed by atoms with Gasteiger partial charge in [0.15, 0.2) is 0 Å². The number of carbonyl (C=O) groups is 3. The molecule has 1 heterocycles. The largest absolute Gasteiger partial charge is 0.466 e. The summed E-state index contributed by atoms with van der Waals surface area (Å²) in [4.78, 5) is 37.0. The van der Waals surface area contributed by atoms with Crippen molar-refractivity contribution >= 4 is 29.5 Å². The summed E-state index contributed by atoms with van der Waals surface area (Å²) in [7, 11) is 0. The van der Waals surface area contributed by atoms with Crippen molar-refractivity contribution in [1.29, 1.82) is 0 Å². The highest BCUT2D eigenvalue weighted by Gasteiger charge is 2.22. The van der Waals surface area contributed by atoms with E-state index in [2.05, 4.69) is 16.2 Å². The molecule has 0 aliphatic heterocycles. The van der Waals surface area contributed by atoms with E-state index in [-0.39, 0.29) is 5.91 Å². The Hall–Kier alpha value is -2.74. The van der Waals surface area contributed by atoms with Gasteiger partial charge in [-0.1, -0.05) is 18.2 Å². The van der Waals surface area contributed by atoms with Crippen LogP contribution in [-0.2, 0) is 4.79 Å². The summed E-state index contributed by atoms with van der Waals surface area (Å²) in [5, 5.41) is 2.71. The number of nitrogens with one attached hydrogen (secondary N) is 3. The fourth-order valence-corrected chi connectivity index (χ4v) is 2.94. The Morgan fingerprint density at radius 2 is 1.78 bits per heavy atom. The first kappa shape index (κ1) is 20.6. The van der Waals surface area contributed by atoms with Crippen LogP contribution in [0.1, 0.15) is 38.7 Å². The van der Waals surface area contributed by atoms with Crippen LogP contribution in [0, 0.1) is 13.8 Å². The minimum Gasteiger partial charge on any atom is -0.466 e. The van der Waals surface area contributed by atoms with Crippen molar-refractivity contribution in [2.75, 3.05) is 12.0 Å². The van der Waals surface area contributed by atoms with E-state index in [0.29, 0.717) is 34.8 Å². The maximum Gasteiger partial charge on any atom is 0.273 e. The predicted molar refractivity (Wildman–Crippen MR) is 104 cm³/mol. The van der Waals surface area contributed by atoms with Crippen LogP contribution in [0.25, 0.3) is 0 Å². The Kier molecular flexibility index (Phi) is 7.48. The number of thioether (sulfide) groups is 1. The number of benzene rings is 1. The molecule has 1 atom stereocenters. The Labute approximate surface area is 162 Å². The summed E-state index contributed by atoms with van der Waals surface area (Å²) in [5.74, 6) is 0.452. The molecule has 27 heavy (non-hydrogen) atoms. The van der Waals surface area contributed by atoms with Crippen LogP contribution in [0.15, 0.2) is 40.8 Å². The molecule has 3 N–H and O–H groups in total. The molecule has 144 valence electrons. The Morgan fingerprint density at radius 3 is 2.37 bits per heavy atom. The van der Waals surface area contributed by atoms with Gasteiger partial charge in [0.25, 0.3) is 17.7 Å².